The van der Waals surface area contributed by atoms with Crippen LogP contribution >= 0.6 is 0 Å². The Labute approximate surface area is 147 Å². The monoisotopic (exact) mass is 347 g/mol. The fourth-order valence-corrected chi connectivity index (χ4v) is 2.93. The van der Waals surface area contributed by atoms with Gasteiger partial charge in [0.05, 0.1) is 21.9 Å². The Balaban J connectivity index is 2.04. The number of benzene rings is 2. The lowest BCUT2D eigenvalue weighted by Crippen LogP contribution is -2.02. The second-order valence-corrected chi connectivity index (χ2v) is 5.76. The Morgan fingerprint density at radius 3 is 2.50 bits per heavy atom. The molecule has 0 aliphatic rings. The predicted octanol–water partition coefficient (Wildman–Crippen LogP) is 3.86. The molecule has 0 spiro atoms. The fraction of sp³-hybridized carbons (Fsp3) is 0.0526. The summed E-state index contributed by atoms with van der Waals surface area (Å²) in [6.07, 6.45) is 0. The van der Waals surface area contributed by atoms with Gasteiger partial charge in [-0.2, -0.15) is 9.78 Å². The zero-order valence-corrected chi connectivity index (χ0v) is 13.7. The zero-order chi connectivity index (χ0) is 18.3. The van der Waals surface area contributed by atoms with Gasteiger partial charge in [-0.25, -0.2) is 0 Å². The third-order valence-electron chi connectivity index (χ3n) is 4.10. The average Bonchev–Trinajstić information content (AvgIpc) is 2.99. The Kier molecular flexibility index (Phi) is 3.62. The van der Waals surface area contributed by atoms with Gasteiger partial charge < -0.3 is 4.42 Å². The van der Waals surface area contributed by atoms with Crippen LogP contribution in [0.15, 0.2) is 69.9 Å². The Morgan fingerprint density at radius 2 is 1.77 bits per heavy atom. The number of nitro groups is 1. The van der Waals surface area contributed by atoms with Crippen LogP contribution in [0.3, 0.4) is 0 Å². The molecule has 0 saturated carbocycles. The summed E-state index contributed by atoms with van der Waals surface area (Å²) in [5.74, 6) is 0.131. The lowest BCUT2D eigenvalue weighted by molar-refractivity contribution is -0.384. The van der Waals surface area contributed by atoms with Gasteiger partial charge in [-0.15, -0.1) is 0 Å². The minimum absolute atomic E-state index is 0.127. The van der Waals surface area contributed by atoms with E-state index in [1.807, 2.05) is 30.3 Å². The second kappa shape index (κ2) is 5.96. The van der Waals surface area contributed by atoms with Crippen LogP contribution in [-0.2, 0) is 0 Å². The van der Waals surface area contributed by atoms with E-state index in [0.29, 0.717) is 11.1 Å². The van der Waals surface area contributed by atoms with E-state index in [4.69, 9.17) is 4.42 Å². The number of para-hydroxylation sites is 2. The van der Waals surface area contributed by atoms with Crippen LogP contribution in [0, 0.1) is 17.0 Å². The molecule has 7 heteroatoms. The van der Waals surface area contributed by atoms with Gasteiger partial charge in [0.15, 0.2) is 5.43 Å². The van der Waals surface area contributed by atoms with Crippen molar-refractivity contribution >= 4 is 16.8 Å². The summed E-state index contributed by atoms with van der Waals surface area (Å²) in [5, 5.41) is 16.1. The van der Waals surface area contributed by atoms with Gasteiger partial charge >= 0.3 is 0 Å². The molecular formula is C19H13N3O4. The van der Waals surface area contributed by atoms with Gasteiger partial charge in [-0.1, -0.05) is 30.3 Å². The third-order valence-corrected chi connectivity index (χ3v) is 4.10. The SMILES string of the molecule is Cc1nn(-c2ccccc2)c2oc(-c3ccccc3[N+](=O)[O-])cc(=O)c12. The average molecular weight is 347 g/mol. The van der Waals surface area contributed by atoms with Crippen LogP contribution in [0.2, 0.25) is 0 Å². The Bertz CT molecular complexity index is 1190. The number of hydrogen-bond acceptors (Lipinski definition) is 5. The molecule has 128 valence electrons. The van der Waals surface area contributed by atoms with Crippen molar-refractivity contribution in [1.29, 1.82) is 0 Å². The molecule has 2 aromatic carbocycles. The molecule has 26 heavy (non-hydrogen) atoms. The van der Waals surface area contributed by atoms with E-state index >= 15 is 0 Å². The Hall–Kier alpha value is -3.74. The molecular weight excluding hydrogens is 334 g/mol. The van der Waals surface area contributed by atoms with Crippen molar-refractivity contribution in [3.63, 3.8) is 0 Å². The van der Waals surface area contributed by atoms with Crippen LogP contribution in [0.25, 0.3) is 28.1 Å². The van der Waals surface area contributed by atoms with Gasteiger partial charge in [0, 0.05) is 12.1 Å². The number of fused-ring (bicyclic) bond motifs is 1. The van der Waals surface area contributed by atoms with Gasteiger partial charge in [0.25, 0.3) is 5.69 Å². The molecule has 0 fully saturated rings. The van der Waals surface area contributed by atoms with E-state index < -0.39 is 4.92 Å². The van der Waals surface area contributed by atoms with Crippen molar-refractivity contribution in [2.75, 3.05) is 0 Å². The third kappa shape index (κ3) is 2.46. The van der Waals surface area contributed by atoms with Gasteiger partial charge in [0.2, 0.25) is 5.71 Å². The summed E-state index contributed by atoms with van der Waals surface area (Å²) < 4.78 is 7.45. The molecule has 2 heterocycles. The van der Waals surface area contributed by atoms with Crippen molar-refractivity contribution in [3.05, 3.63) is 86.7 Å². The highest BCUT2D eigenvalue weighted by Gasteiger charge is 2.21. The first-order valence-electron chi connectivity index (χ1n) is 7.89. The molecule has 0 aliphatic carbocycles. The maximum Gasteiger partial charge on any atom is 0.280 e. The highest BCUT2D eigenvalue weighted by atomic mass is 16.6. The molecule has 0 radical (unpaired) electrons. The van der Waals surface area contributed by atoms with Crippen LogP contribution in [0.1, 0.15) is 5.69 Å². The summed E-state index contributed by atoms with van der Waals surface area (Å²) in [5.41, 5.74) is 1.35. The van der Waals surface area contributed by atoms with Crippen molar-refractivity contribution in [3.8, 4) is 17.0 Å². The van der Waals surface area contributed by atoms with E-state index in [-0.39, 0.29) is 28.2 Å². The quantitative estimate of drug-likeness (QED) is 0.414. The van der Waals surface area contributed by atoms with E-state index in [9.17, 15) is 14.9 Å². The van der Waals surface area contributed by atoms with Crippen molar-refractivity contribution in [2.45, 2.75) is 6.92 Å². The normalized spacial score (nSPS) is 11.0. The molecule has 7 nitrogen and oxygen atoms in total. The summed E-state index contributed by atoms with van der Waals surface area (Å²) in [6.45, 7) is 1.73. The maximum atomic E-state index is 12.6. The van der Waals surface area contributed by atoms with E-state index in [2.05, 4.69) is 5.10 Å². The molecule has 0 bridgehead atoms. The largest absolute Gasteiger partial charge is 0.437 e. The van der Waals surface area contributed by atoms with Crippen LogP contribution in [0.4, 0.5) is 5.69 Å². The van der Waals surface area contributed by atoms with Gasteiger partial charge in [0.1, 0.15) is 11.1 Å². The van der Waals surface area contributed by atoms with Crippen molar-refractivity contribution in [1.82, 2.24) is 9.78 Å². The topological polar surface area (TPSA) is 91.2 Å². The van der Waals surface area contributed by atoms with Crippen molar-refractivity contribution < 1.29 is 9.34 Å². The van der Waals surface area contributed by atoms with Crippen LogP contribution < -0.4 is 5.43 Å². The van der Waals surface area contributed by atoms with Crippen LogP contribution in [0.5, 0.6) is 0 Å². The molecule has 2 aromatic heterocycles. The zero-order valence-electron chi connectivity index (χ0n) is 13.7. The van der Waals surface area contributed by atoms with E-state index in [0.717, 1.165) is 5.69 Å². The fourth-order valence-electron chi connectivity index (χ4n) is 2.93. The molecule has 0 N–H and O–H groups in total. The maximum absolute atomic E-state index is 12.6. The summed E-state index contributed by atoms with van der Waals surface area (Å²) >= 11 is 0. The minimum atomic E-state index is -0.501. The summed E-state index contributed by atoms with van der Waals surface area (Å²) in [6, 6.07) is 16.7. The molecule has 0 unspecified atom stereocenters. The number of rotatable bonds is 3. The van der Waals surface area contributed by atoms with E-state index in [1.54, 1.807) is 25.1 Å². The highest BCUT2D eigenvalue weighted by molar-refractivity contribution is 5.81. The van der Waals surface area contributed by atoms with Gasteiger partial charge in [-0.3, -0.25) is 14.9 Å². The molecule has 4 aromatic rings. The number of nitrogens with zero attached hydrogens (tertiary/aromatic N) is 3. The lowest BCUT2D eigenvalue weighted by Gasteiger charge is -2.05. The van der Waals surface area contributed by atoms with Gasteiger partial charge in [-0.05, 0) is 25.1 Å². The molecule has 0 saturated heterocycles. The smallest absolute Gasteiger partial charge is 0.280 e. The first-order chi connectivity index (χ1) is 12.6. The first-order valence-corrected chi connectivity index (χ1v) is 7.89. The summed E-state index contributed by atoms with van der Waals surface area (Å²) in [4.78, 5) is 23.4. The number of aryl methyl sites for hydroxylation is 1. The first kappa shape index (κ1) is 15.8. The predicted molar refractivity (Wildman–Crippen MR) is 96.4 cm³/mol. The molecule has 0 amide bonds. The van der Waals surface area contributed by atoms with E-state index in [1.165, 1.54) is 16.8 Å². The number of hydrogen-bond donors (Lipinski definition) is 0. The Morgan fingerprint density at radius 1 is 1.08 bits per heavy atom. The van der Waals surface area contributed by atoms with Crippen LogP contribution in [-0.4, -0.2) is 14.7 Å². The molecule has 0 aliphatic heterocycles. The standard InChI is InChI=1S/C19H13N3O4/c1-12-18-16(23)11-17(14-9-5-6-10-15(14)22(24)25)26-19(18)21(20-12)13-7-3-2-4-8-13/h2-11H,1H3. The van der Waals surface area contributed by atoms with Crippen molar-refractivity contribution in [2.24, 2.45) is 0 Å². The number of aromatic nitrogens is 2. The lowest BCUT2D eigenvalue weighted by atomic mass is 10.1. The number of nitro benzene ring substituents is 1. The summed E-state index contributed by atoms with van der Waals surface area (Å²) in [7, 11) is 0. The highest BCUT2D eigenvalue weighted by Crippen LogP contribution is 2.31. The molecule has 4 rings (SSSR count). The second-order valence-electron chi connectivity index (χ2n) is 5.76. The molecule has 0 atom stereocenters. The minimum Gasteiger partial charge on any atom is -0.437 e.